The summed E-state index contributed by atoms with van der Waals surface area (Å²) in [4.78, 5) is 30.1. The topological polar surface area (TPSA) is 52.7 Å². The lowest BCUT2D eigenvalue weighted by molar-refractivity contribution is -0.142. The van der Waals surface area contributed by atoms with Gasteiger partial charge in [0, 0.05) is 42.6 Å². The van der Waals surface area contributed by atoms with Crippen molar-refractivity contribution in [1.82, 2.24) is 15.1 Å². The number of nitrogens with one attached hydrogen (secondary N) is 1. The van der Waals surface area contributed by atoms with E-state index in [-0.39, 0.29) is 40.6 Å². The molecule has 1 aliphatic heterocycles. The number of fused-ring (bicyclic) bond motifs is 5. The number of carbonyl (C=O) groups excluding carboxylic acids is 2. The molecule has 0 aromatic heterocycles. The zero-order chi connectivity index (χ0) is 24.3. The van der Waals surface area contributed by atoms with Gasteiger partial charge < -0.3 is 10.2 Å². The highest BCUT2D eigenvalue weighted by atomic mass is 32.1. The normalized spacial score (nSPS) is 37.9. The van der Waals surface area contributed by atoms with Gasteiger partial charge in [0.25, 0.3) is 0 Å². The number of likely N-dealkylation sites (tertiary alicyclic amines) is 1. The summed E-state index contributed by atoms with van der Waals surface area (Å²) < 4.78 is 0. The summed E-state index contributed by atoms with van der Waals surface area (Å²) >= 11 is 5.67. The van der Waals surface area contributed by atoms with Crippen molar-refractivity contribution in [1.29, 1.82) is 0 Å². The fraction of sp³-hybridized carbons (Fsp3) is 0.815. The van der Waals surface area contributed by atoms with Gasteiger partial charge in [0.05, 0.1) is 0 Å². The average molecular weight is 474 g/mol. The summed E-state index contributed by atoms with van der Waals surface area (Å²) in [6.45, 7) is 13.0. The van der Waals surface area contributed by atoms with Crippen LogP contribution in [0.3, 0.4) is 0 Å². The van der Waals surface area contributed by atoms with Gasteiger partial charge in [-0.1, -0.05) is 19.9 Å². The van der Waals surface area contributed by atoms with E-state index >= 15 is 0 Å². The molecule has 1 saturated heterocycles. The van der Waals surface area contributed by atoms with Crippen molar-refractivity contribution in [3.8, 4) is 0 Å². The third kappa shape index (κ3) is 3.84. The number of hydrogen-bond acceptors (Lipinski definition) is 3. The molecule has 2 saturated carbocycles. The quantitative estimate of drug-likeness (QED) is 0.579. The Bertz CT molecular complexity index is 867. The van der Waals surface area contributed by atoms with Gasteiger partial charge >= 0.3 is 0 Å². The van der Waals surface area contributed by atoms with Crippen LogP contribution in [0.1, 0.15) is 86.5 Å². The van der Waals surface area contributed by atoms with E-state index in [1.807, 2.05) is 16.8 Å². The van der Waals surface area contributed by atoms with Gasteiger partial charge in [-0.05, 0) is 102 Å². The molecule has 2 amide bonds. The molecule has 6 atom stereocenters. The van der Waals surface area contributed by atoms with Crippen LogP contribution in [-0.4, -0.2) is 45.9 Å². The molecule has 5 nitrogen and oxygen atoms in total. The summed E-state index contributed by atoms with van der Waals surface area (Å²) in [6, 6.07) is 0.253. The Balaban J connectivity index is 1.60. The summed E-state index contributed by atoms with van der Waals surface area (Å²) in [5.41, 5.74) is 1.36. The zero-order valence-electron chi connectivity index (χ0n) is 21.6. The lowest BCUT2D eigenvalue weighted by Gasteiger charge is -2.58. The van der Waals surface area contributed by atoms with Crippen LogP contribution >= 0.6 is 12.2 Å². The van der Waals surface area contributed by atoms with Crippen molar-refractivity contribution in [2.75, 3.05) is 7.05 Å². The number of nitrogens with zero attached hydrogens (tertiary/aromatic N) is 2. The molecule has 4 rings (SSSR count). The minimum absolute atomic E-state index is 0.0247. The van der Waals surface area contributed by atoms with Crippen LogP contribution < -0.4 is 5.32 Å². The van der Waals surface area contributed by atoms with Crippen LogP contribution in [0.4, 0.5) is 0 Å². The third-order valence-electron chi connectivity index (χ3n) is 9.70. The molecule has 0 spiro atoms. The van der Waals surface area contributed by atoms with Crippen molar-refractivity contribution in [2.24, 2.45) is 34.5 Å². The van der Waals surface area contributed by atoms with Crippen molar-refractivity contribution in [3.05, 3.63) is 11.8 Å². The number of carbonyl (C=O) groups is 2. The van der Waals surface area contributed by atoms with Gasteiger partial charge in [-0.2, -0.15) is 0 Å². The van der Waals surface area contributed by atoms with E-state index in [1.165, 1.54) is 5.70 Å². The van der Waals surface area contributed by atoms with Crippen LogP contribution in [-0.2, 0) is 9.59 Å². The SMILES string of the molecule is CC(C)NC(=S)N(C(=O)[C@H]1CC[C@H]2[C@@H]3CC=C4N(C)C(=O)CC[C@]4(C)[C@H]3CC[C@]12C)C(C)C. The fourth-order valence-electron chi connectivity index (χ4n) is 8.06. The molecule has 184 valence electrons. The molecular formula is C27H43N3O2S. The maximum atomic E-state index is 13.9. The molecule has 3 aliphatic carbocycles. The smallest absolute Gasteiger partial charge is 0.232 e. The number of amides is 2. The zero-order valence-corrected chi connectivity index (χ0v) is 22.4. The first-order valence-corrected chi connectivity index (χ1v) is 13.4. The molecular weight excluding hydrogens is 430 g/mol. The fourth-order valence-corrected chi connectivity index (χ4v) is 8.60. The number of rotatable bonds is 3. The standard InChI is InChI=1S/C27H43N3O2S/c1-16(2)28-25(33)30(17(3)4)24(32)21-10-9-19-18-8-11-22-27(6,15-13-23(31)29(22)7)20(18)12-14-26(19,21)5/h11,16-21H,8-10,12-15H2,1-7H3,(H,28,33)/t18-,19-,20-,21+,26-,27+/m0/s1. The van der Waals surface area contributed by atoms with E-state index in [4.69, 9.17) is 12.2 Å². The summed E-state index contributed by atoms with van der Waals surface area (Å²) in [5.74, 6) is 2.27. The number of thiocarbonyl (C=S) groups is 1. The number of allylic oxidation sites excluding steroid dienone is 2. The van der Waals surface area contributed by atoms with E-state index in [1.54, 1.807) is 0 Å². The largest absolute Gasteiger partial charge is 0.360 e. The highest BCUT2D eigenvalue weighted by Gasteiger charge is 2.61. The monoisotopic (exact) mass is 473 g/mol. The Kier molecular flexibility index (Phi) is 6.48. The van der Waals surface area contributed by atoms with E-state index in [9.17, 15) is 9.59 Å². The molecule has 1 N–H and O–H groups in total. The van der Waals surface area contributed by atoms with Crippen molar-refractivity contribution in [3.63, 3.8) is 0 Å². The second kappa shape index (κ2) is 8.66. The molecule has 0 aromatic carbocycles. The predicted molar refractivity (Wildman–Crippen MR) is 136 cm³/mol. The number of hydrogen-bond donors (Lipinski definition) is 1. The first-order valence-electron chi connectivity index (χ1n) is 13.0. The Morgan fingerprint density at radius 3 is 2.48 bits per heavy atom. The molecule has 6 heteroatoms. The second-order valence-corrected chi connectivity index (χ2v) is 12.5. The maximum Gasteiger partial charge on any atom is 0.232 e. The van der Waals surface area contributed by atoms with Crippen LogP contribution in [0.2, 0.25) is 0 Å². The van der Waals surface area contributed by atoms with E-state index < -0.39 is 0 Å². The first-order chi connectivity index (χ1) is 15.4. The van der Waals surface area contributed by atoms with E-state index in [0.29, 0.717) is 29.3 Å². The lowest BCUT2D eigenvalue weighted by atomic mass is 9.49. The summed E-state index contributed by atoms with van der Waals surface area (Å²) in [7, 11) is 1.96. The van der Waals surface area contributed by atoms with Crippen LogP contribution in [0.25, 0.3) is 0 Å². The molecule has 0 aromatic rings. The molecule has 0 bridgehead atoms. The number of piperidine rings is 1. The van der Waals surface area contributed by atoms with Crippen molar-refractivity contribution >= 4 is 29.1 Å². The average Bonchev–Trinajstić information content (AvgIpc) is 3.07. The predicted octanol–water partition coefficient (Wildman–Crippen LogP) is 5.11. The molecule has 0 radical (unpaired) electrons. The van der Waals surface area contributed by atoms with Crippen molar-refractivity contribution < 1.29 is 9.59 Å². The Labute approximate surface area is 205 Å². The second-order valence-electron chi connectivity index (χ2n) is 12.2. The van der Waals surface area contributed by atoms with Crippen molar-refractivity contribution in [2.45, 2.75) is 98.6 Å². The van der Waals surface area contributed by atoms with E-state index in [0.717, 1.165) is 38.5 Å². The van der Waals surface area contributed by atoms with Gasteiger partial charge in [-0.3, -0.25) is 14.5 Å². The van der Waals surface area contributed by atoms with Crippen LogP contribution in [0.15, 0.2) is 11.8 Å². The Morgan fingerprint density at radius 1 is 1.15 bits per heavy atom. The minimum Gasteiger partial charge on any atom is -0.360 e. The van der Waals surface area contributed by atoms with Crippen LogP contribution in [0, 0.1) is 34.5 Å². The third-order valence-corrected chi connectivity index (χ3v) is 10.0. The van der Waals surface area contributed by atoms with Gasteiger partial charge in [-0.25, -0.2) is 0 Å². The maximum absolute atomic E-state index is 13.9. The Hall–Kier alpha value is -1.43. The summed E-state index contributed by atoms with van der Waals surface area (Å²) in [5, 5.41) is 3.87. The van der Waals surface area contributed by atoms with Gasteiger partial charge in [-0.15, -0.1) is 0 Å². The highest BCUT2D eigenvalue weighted by Crippen LogP contribution is 2.66. The molecule has 3 fully saturated rings. The lowest BCUT2D eigenvalue weighted by Crippen LogP contribution is -2.56. The van der Waals surface area contributed by atoms with Gasteiger partial charge in [0.15, 0.2) is 5.11 Å². The minimum atomic E-state index is 0.0247. The Morgan fingerprint density at radius 2 is 1.85 bits per heavy atom. The molecule has 1 heterocycles. The van der Waals surface area contributed by atoms with Gasteiger partial charge in [0.1, 0.15) is 0 Å². The highest BCUT2D eigenvalue weighted by molar-refractivity contribution is 7.80. The first kappa shape index (κ1) is 24.7. The van der Waals surface area contributed by atoms with Crippen LogP contribution in [0.5, 0.6) is 0 Å². The molecule has 0 unspecified atom stereocenters. The molecule has 33 heavy (non-hydrogen) atoms. The van der Waals surface area contributed by atoms with Gasteiger partial charge in [0.2, 0.25) is 11.8 Å². The van der Waals surface area contributed by atoms with E-state index in [2.05, 4.69) is 52.9 Å². The molecule has 4 aliphatic rings. The summed E-state index contributed by atoms with van der Waals surface area (Å²) in [6.07, 6.45) is 9.34.